The van der Waals surface area contributed by atoms with Gasteiger partial charge in [-0.1, -0.05) is 0 Å². The molecule has 1 aliphatic rings. The number of carbonyl (C=O) groups is 2. The third-order valence-corrected chi connectivity index (χ3v) is 5.69. The molecule has 2 aromatic rings. The van der Waals surface area contributed by atoms with Crippen molar-refractivity contribution in [2.24, 2.45) is 5.73 Å². The van der Waals surface area contributed by atoms with Crippen molar-refractivity contribution < 1.29 is 34.4 Å². The van der Waals surface area contributed by atoms with E-state index in [1.54, 1.807) is 20.8 Å². The minimum Gasteiger partial charge on any atom is -0.444 e. The van der Waals surface area contributed by atoms with Crippen LogP contribution in [0.5, 0.6) is 0 Å². The number of nitrogens with two attached hydrogens (primary N) is 1. The first-order valence-corrected chi connectivity index (χ1v) is 12.1. The van der Waals surface area contributed by atoms with Gasteiger partial charge in [0.2, 0.25) is 5.91 Å². The average molecular weight is 525 g/mol. The smallest absolute Gasteiger partial charge is 0.407 e. The van der Waals surface area contributed by atoms with Crippen molar-refractivity contribution in [1.29, 1.82) is 0 Å². The summed E-state index contributed by atoms with van der Waals surface area (Å²) < 4.78 is 10.9. The Hall–Kier alpha value is -3.11. The molecule has 0 bridgehead atoms. The van der Waals surface area contributed by atoms with Crippen LogP contribution in [0.25, 0.3) is 11.2 Å². The zero-order valence-electron chi connectivity index (χ0n) is 21.0. The van der Waals surface area contributed by atoms with Crippen LogP contribution in [0, 0.1) is 0 Å². The first-order valence-electron chi connectivity index (χ1n) is 12.1. The lowest BCUT2D eigenvalue weighted by Gasteiger charge is -2.43. The minimum atomic E-state index is -1.48. The number of nitrogens with zero attached hydrogens (tertiary/aromatic N) is 3. The zero-order chi connectivity index (χ0) is 27.2. The van der Waals surface area contributed by atoms with E-state index in [4.69, 9.17) is 15.2 Å². The molecule has 2 amide bonds. The van der Waals surface area contributed by atoms with E-state index < -0.39 is 60.8 Å². The highest BCUT2D eigenvalue weighted by atomic mass is 16.6. The number of aromatic nitrogens is 4. The summed E-state index contributed by atoms with van der Waals surface area (Å²) in [5, 5.41) is 39.3. The van der Waals surface area contributed by atoms with Crippen LogP contribution < -0.4 is 21.7 Å². The normalized spacial score (nSPS) is 24.9. The largest absolute Gasteiger partial charge is 0.444 e. The number of imidazole rings is 1. The Balaban J connectivity index is 1.48. The molecule has 1 saturated heterocycles. The summed E-state index contributed by atoms with van der Waals surface area (Å²) >= 11 is 0. The highest BCUT2D eigenvalue weighted by Gasteiger charge is 2.45. The maximum absolute atomic E-state index is 12.6. The molecule has 9 N–H and O–H groups in total. The summed E-state index contributed by atoms with van der Waals surface area (Å²) in [6.07, 6.45) is -1.50. The van der Waals surface area contributed by atoms with Crippen molar-refractivity contribution in [1.82, 2.24) is 30.6 Å². The van der Waals surface area contributed by atoms with E-state index >= 15 is 0 Å². The van der Waals surface area contributed by atoms with Gasteiger partial charge in [0.15, 0.2) is 17.7 Å². The molecule has 37 heavy (non-hydrogen) atoms. The van der Waals surface area contributed by atoms with Crippen LogP contribution in [-0.4, -0.2) is 103 Å². The zero-order valence-corrected chi connectivity index (χ0v) is 21.0. The lowest BCUT2D eigenvalue weighted by atomic mass is 9.95. The van der Waals surface area contributed by atoms with E-state index in [2.05, 4.69) is 35.9 Å². The van der Waals surface area contributed by atoms with Gasteiger partial charge in [0.05, 0.1) is 25.0 Å². The fourth-order valence-electron chi connectivity index (χ4n) is 3.82. The summed E-state index contributed by atoms with van der Waals surface area (Å²) in [7, 11) is 0. The molecule has 1 fully saturated rings. The molecule has 15 nitrogen and oxygen atoms in total. The predicted octanol–water partition coefficient (Wildman–Crippen LogP) is -1.29. The summed E-state index contributed by atoms with van der Waals surface area (Å²) in [4.78, 5) is 39.3. The third-order valence-electron chi connectivity index (χ3n) is 5.69. The standard InChI is InChI=1S/C22H36N8O7/c1-22(2,3)37-21(35)24-7-5-4-6-11(23)19(34)29-13-12(8-31)36-20(16(33)15(13)32)30-18-14-17(26-9-25-14)27-10-28-18/h9-13,15-16,20,31-33H,4-8,23H2,1-3H3,(H,24,35)(H,29,34)(H2,25,26,27,28,30)/t11-,12+,13+,15-,16+,20+/m1/s1. The van der Waals surface area contributed by atoms with Crippen LogP contribution in [0.4, 0.5) is 10.6 Å². The molecule has 2 aromatic heterocycles. The molecule has 0 saturated carbocycles. The van der Waals surface area contributed by atoms with E-state index in [0.717, 1.165) is 0 Å². The molecule has 0 aromatic carbocycles. The Kier molecular flexibility index (Phi) is 9.56. The second-order valence-corrected chi connectivity index (χ2v) is 9.79. The predicted molar refractivity (Wildman–Crippen MR) is 131 cm³/mol. The number of hydrogen-bond donors (Lipinski definition) is 8. The monoisotopic (exact) mass is 524 g/mol. The van der Waals surface area contributed by atoms with Crippen LogP contribution in [0.2, 0.25) is 0 Å². The molecule has 0 spiro atoms. The lowest BCUT2D eigenvalue weighted by molar-refractivity contribution is -0.185. The van der Waals surface area contributed by atoms with Crippen molar-refractivity contribution in [3.8, 4) is 0 Å². The number of fused-ring (bicyclic) bond motifs is 1. The van der Waals surface area contributed by atoms with E-state index in [1.807, 2.05) is 0 Å². The Morgan fingerprint density at radius 1 is 1.22 bits per heavy atom. The second-order valence-electron chi connectivity index (χ2n) is 9.79. The van der Waals surface area contributed by atoms with Gasteiger partial charge in [0.25, 0.3) is 0 Å². The molecule has 206 valence electrons. The van der Waals surface area contributed by atoms with Crippen molar-refractivity contribution in [2.45, 2.75) is 82.3 Å². The molecule has 3 heterocycles. The molecule has 6 atom stereocenters. The van der Waals surface area contributed by atoms with Crippen molar-refractivity contribution in [3.63, 3.8) is 0 Å². The second kappa shape index (κ2) is 12.4. The van der Waals surface area contributed by atoms with Gasteiger partial charge in [-0.3, -0.25) is 4.79 Å². The molecule has 3 rings (SSSR count). The van der Waals surface area contributed by atoms with Crippen molar-refractivity contribution in [2.75, 3.05) is 18.5 Å². The fraction of sp³-hybridized carbons (Fsp3) is 0.682. The van der Waals surface area contributed by atoms with Crippen LogP contribution in [0.3, 0.4) is 0 Å². The highest BCUT2D eigenvalue weighted by Crippen LogP contribution is 2.24. The fourth-order valence-corrected chi connectivity index (χ4v) is 3.82. The lowest BCUT2D eigenvalue weighted by Crippen LogP contribution is -2.66. The van der Waals surface area contributed by atoms with Gasteiger partial charge in [-0.15, -0.1) is 0 Å². The van der Waals surface area contributed by atoms with Gasteiger partial charge in [-0.25, -0.2) is 19.7 Å². The molecule has 15 heteroatoms. The number of aliphatic hydroxyl groups excluding tert-OH is 3. The number of aromatic amines is 1. The van der Waals surface area contributed by atoms with Gasteiger partial charge in [-0.05, 0) is 40.0 Å². The maximum atomic E-state index is 12.6. The van der Waals surface area contributed by atoms with Gasteiger partial charge in [0.1, 0.15) is 35.8 Å². The number of unbranched alkanes of at least 4 members (excludes halogenated alkanes) is 1. The maximum Gasteiger partial charge on any atom is 0.407 e. The molecule has 0 aliphatic carbocycles. The van der Waals surface area contributed by atoms with Crippen LogP contribution in [0.15, 0.2) is 12.7 Å². The van der Waals surface area contributed by atoms with E-state index in [0.29, 0.717) is 37.0 Å². The van der Waals surface area contributed by atoms with Gasteiger partial charge in [0, 0.05) is 6.54 Å². The summed E-state index contributed by atoms with van der Waals surface area (Å²) in [5.41, 5.74) is 6.26. The molecule has 1 aliphatic heterocycles. The SMILES string of the molecule is CC(C)(C)OC(=O)NCCCC[C@@H](N)C(=O)N[C@@H]1[C@@H](O)[C@H](O)[C@@H](Nc2ncnc3nc[nH]c23)O[C@H]1CO. The van der Waals surface area contributed by atoms with Crippen LogP contribution in [-0.2, 0) is 14.3 Å². The van der Waals surface area contributed by atoms with Gasteiger partial charge < -0.3 is 51.5 Å². The van der Waals surface area contributed by atoms with Crippen molar-refractivity contribution >= 4 is 29.0 Å². The number of carbonyl (C=O) groups excluding carboxylic acids is 2. The molecular formula is C22H36N8O7. The van der Waals surface area contributed by atoms with Crippen LogP contribution >= 0.6 is 0 Å². The Labute approximate surface area is 213 Å². The number of alkyl carbamates (subject to hydrolysis) is 1. The van der Waals surface area contributed by atoms with E-state index in [1.165, 1.54) is 12.7 Å². The number of amides is 2. The number of ether oxygens (including phenoxy) is 2. The summed E-state index contributed by atoms with van der Waals surface area (Å²) in [6.45, 7) is 5.13. The Morgan fingerprint density at radius 3 is 2.68 bits per heavy atom. The third kappa shape index (κ3) is 7.69. The molecular weight excluding hydrogens is 488 g/mol. The first kappa shape index (κ1) is 28.5. The van der Waals surface area contributed by atoms with E-state index in [-0.39, 0.29) is 5.82 Å². The average Bonchev–Trinajstić information content (AvgIpc) is 3.32. The Bertz CT molecular complexity index is 1040. The van der Waals surface area contributed by atoms with Gasteiger partial charge >= 0.3 is 6.09 Å². The molecule has 0 unspecified atom stereocenters. The number of rotatable bonds is 10. The highest BCUT2D eigenvalue weighted by molar-refractivity contribution is 5.82. The first-order chi connectivity index (χ1) is 17.5. The van der Waals surface area contributed by atoms with Crippen molar-refractivity contribution in [3.05, 3.63) is 12.7 Å². The number of nitrogens with one attached hydrogen (secondary N) is 4. The topological polar surface area (TPSA) is 230 Å². The number of anilines is 1. The Morgan fingerprint density at radius 2 is 1.97 bits per heavy atom. The quantitative estimate of drug-likeness (QED) is 0.170. The number of H-pyrrole nitrogens is 1. The van der Waals surface area contributed by atoms with E-state index in [9.17, 15) is 24.9 Å². The summed E-state index contributed by atoms with van der Waals surface area (Å²) in [5.74, 6) is -0.291. The van der Waals surface area contributed by atoms with Gasteiger partial charge in [-0.2, -0.15) is 0 Å². The number of hydrogen-bond acceptors (Lipinski definition) is 12. The number of aliphatic hydroxyl groups is 3. The molecule has 0 radical (unpaired) electrons. The summed E-state index contributed by atoms with van der Waals surface area (Å²) in [6, 6.07) is -2.02. The van der Waals surface area contributed by atoms with Crippen LogP contribution in [0.1, 0.15) is 40.0 Å². The minimum absolute atomic E-state index is 0.279.